The number of aliphatic hydroxyl groups excluding tert-OH is 1. The van der Waals surface area contributed by atoms with Crippen molar-refractivity contribution >= 4 is 0 Å². The average Bonchev–Trinajstić information content (AvgIpc) is 2.49. The van der Waals surface area contributed by atoms with Crippen LogP contribution in [0.2, 0.25) is 0 Å². The molecule has 2 aromatic carbocycles. The molecular weight excluding hydrogens is 248 g/mol. The molecule has 0 bridgehead atoms. The molecule has 0 aliphatic carbocycles. The van der Waals surface area contributed by atoms with Gasteiger partial charge in [-0.1, -0.05) is 60.4 Å². The van der Waals surface area contributed by atoms with Crippen molar-refractivity contribution in [1.82, 2.24) is 0 Å². The van der Waals surface area contributed by atoms with Gasteiger partial charge < -0.3 is 9.84 Å². The summed E-state index contributed by atoms with van der Waals surface area (Å²) in [5, 5.41) is 9.78. The monoisotopic (exact) mass is 266 g/mol. The maximum Gasteiger partial charge on any atom is 0.0882 e. The average molecular weight is 266 g/mol. The Morgan fingerprint density at radius 2 is 1.60 bits per heavy atom. The summed E-state index contributed by atoms with van der Waals surface area (Å²) < 4.78 is 5.47. The topological polar surface area (TPSA) is 29.5 Å². The van der Waals surface area contributed by atoms with Crippen LogP contribution in [-0.4, -0.2) is 17.8 Å². The summed E-state index contributed by atoms with van der Waals surface area (Å²) in [6.07, 6.45) is -0.126. The van der Waals surface area contributed by atoms with Crippen LogP contribution >= 0.6 is 0 Å². The quantitative estimate of drug-likeness (QED) is 0.843. The molecule has 2 rings (SSSR count). The minimum atomic E-state index is -0.546. The molecule has 2 nitrogen and oxygen atoms in total. The fourth-order valence-corrected chi connectivity index (χ4v) is 1.74. The second-order valence-electron chi connectivity index (χ2n) is 4.53. The predicted octanol–water partition coefficient (Wildman–Crippen LogP) is 3.01. The Morgan fingerprint density at radius 3 is 2.30 bits per heavy atom. The highest BCUT2D eigenvalue weighted by Gasteiger charge is 2.02. The zero-order chi connectivity index (χ0) is 14.0. The summed E-state index contributed by atoms with van der Waals surface area (Å²) in [5.41, 5.74) is 2.07. The zero-order valence-corrected chi connectivity index (χ0v) is 11.3. The van der Waals surface area contributed by atoms with Gasteiger partial charge in [0, 0.05) is 12.0 Å². The van der Waals surface area contributed by atoms with Crippen molar-refractivity contribution in [1.29, 1.82) is 0 Å². The molecule has 0 saturated heterocycles. The summed E-state index contributed by atoms with van der Waals surface area (Å²) in [4.78, 5) is 0. The summed E-state index contributed by atoms with van der Waals surface area (Å²) in [6.45, 7) is 0.822. The van der Waals surface area contributed by atoms with E-state index in [0.29, 0.717) is 19.6 Å². The lowest BCUT2D eigenvalue weighted by atomic mass is 10.2. The van der Waals surface area contributed by atoms with E-state index in [2.05, 4.69) is 11.8 Å². The van der Waals surface area contributed by atoms with Crippen molar-refractivity contribution in [2.75, 3.05) is 6.61 Å². The SMILES string of the molecule is OC(CC#Cc1ccccc1)COCc1ccccc1. The summed E-state index contributed by atoms with van der Waals surface area (Å²) in [7, 11) is 0. The van der Waals surface area contributed by atoms with Crippen LogP contribution in [0.15, 0.2) is 60.7 Å². The first-order chi connectivity index (χ1) is 9.84. The van der Waals surface area contributed by atoms with Crippen molar-refractivity contribution < 1.29 is 9.84 Å². The predicted molar refractivity (Wildman–Crippen MR) is 80.0 cm³/mol. The van der Waals surface area contributed by atoms with Crippen LogP contribution in [0.5, 0.6) is 0 Å². The first kappa shape index (κ1) is 14.3. The first-order valence-corrected chi connectivity index (χ1v) is 6.68. The molecule has 102 valence electrons. The molecule has 0 radical (unpaired) electrons. The molecule has 2 aromatic rings. The Morgan fingerprint density at radius 1 is 0.950 bits per heavy atom. The Kier molecular flexibility index (Phi) is 5.85. The van der Waals surface area contributed by atoms with Gasteiger partial charge in [-0.25, -0.2) is 0 Å². The third-order valence-corrected chi connectivity index (χ3v) is 2.77. The number of hydrogen-bond donors (Lipinski definition) is 1. The number of rotatable bonds is 5. The van der Waals surface area contributed by atoms with E-state index in [9.17, 15) is 5.11 Å². The van der Waals surface area contributed by atoms with E-state index in [4.69, 9.17) is 4.74 Å². The lowest BCUT2D eigenvalue weighted by Gasteiger charge is -2.08. The highest BCUT2D eigenvalue weighted by atomic mass is 16.5. The lowest BCUT2D eigenvalue weighted by molar-refractivity contribution is 0.0311. The molecule has 1 unspecified atom stereocenters. The van der Waals surface area contributed by atoms with Gasteiger partial charge in [-0.15, -0.1) is 0 Å². The number of benzene rings is 2. The van der Waals surface area contributed by atoms with Gasteiger partial charge in [0.1, 0.15) is 0 Å². The van der Waals surface area contributed by atoms with E-state index in [-0.39, 0.29) is 0 Å². The van der Waals surface area contributed by atoms with Gasteiger partial charge in [0.05, 0.1) is 19.3 Å². The molecule has 0 aliphatic rings. The van der Waals surface area contributed by atoms with Gasteiger partial charge in [-0.05, 0) is 17.7 Å². The Balaban J connectivity index is 1.68. The fourth-order valence-electron chi connectivity index (χ4n) is 1.74. The lowest BCUT2D eigenvalue weighted by Crippen LogP contribution is -2.14. The van der Waals surface area contributed by atoms with E-state index >= 15 is 0 Å². The molecule has 2 heteroatoms. The van der Waals surface area contributed by atoms with Gasteiger partial charge in [-0.3, -0.25) is 0 Å². The maximum absolute atomic E-state index is 9.78. The molecule has 0 fully saturated rings. The van der Waals surface area contributed by atoms with Crippen molar-refractivity contribution in [2.45, 2.75) is 19.1 Å². The maximum atomic E-state index is 9.78. The normalized spacial score (nSPS) is 11.4. The third kappa shape index (κ3) is 5.27. The zero-order valence-electron chi connectivity index (χ0n) is 11.3. The van der Waals surface area contributed by atoms with Gasteiger partial charge in [0.25, 0.3) is 0 Å². The summed E-state index contributed by atoms with van der Waals surface area (Å²) in [5.74, 6) is 5.99. The highest BCUT2D eigenvalue weighted by Crippen LogP contribution is 2.02. The smallest absolute Gasteiger partial charge is 0.0882 e. The van der Waals surface area contributed by atoms with Gasteiger partial charge in [-0.2, -0.15) is 0 Å². The first-order valence-electron chi connectivity index (χ1n) is 6.68. The van der Waals surface area contributed by atoms with E-state index in [1.165, 1.54) is 0 Å². The molecule has 0 heterocycles. The van der Waals surface area contributed by atoms with Crippen LogP contribution in [0.1, 0.15) is 17.5 Å². The number of hydrogen-bond acceptors (Lipinski definition) is 2. The summed E-state index contributed by atoms with van der Waals surface area (Å²) in [6, 6.07) is 19.7. The second kappa shape index (κ2) is 8.16. The highest BCUT2D eigenvalue weighted by molar-refractivity contribution is 5.33. The van der Waals surface area contributed by atoms with E-state index in [1.54, 1.807) is 0 Å². The van der Waals surface area contributed by atoms with E-state index < -0.39 is 6.10 Å². The van der Waals surface area contributed by atoms with Crippen LogP contribution in [0, 0.1) is 11.8 Å². The van der Waals surface area contributed by atoms with Crippen molar-refractivity contribution in [2.24, 2.45) is 0 Å². The van der Waals surface area contributed by atoms with E-state index in [0.717, 1.165) is 11.1 Å². The van der Waals surface area contributed by atoms with Crippen LogP contribution in [0.3, 0.4) is 0 Å². The largest absolute Gasteiger partial charge is 0.390 e. The van der Waals surface area contributed by atoms with Gasteiger partial charge in [0.15, 0.2) is 0 Å². The van der Waals surface area contributed by atoms with Crippen molar-refractivity contribution in [3.63, 3.8) is 0 Å². The molecular formula is C18H18O2. The van der Waals surface area contributed by atoms with Crippen LogP contribution in [0.25, 0.3) is 0 Å². The molecule has 0 aliphatic heterocycles. The minimum Gasteiger partial charge on any atom is -0.390 e. The molecule has 20 heavy (non-hydrogen) atoms. The standard InChI is InChI=1S/C18H18O2/c19-18(13-7-12-16-8-3-1-4-9-16)15-20-14-17-10-5-2-6-11-17/h1-6,8-11,18-19H,13-15H2. The Bertz CT molecular complexity index is 552. The number of ether oxygens (including phenoxy) is 1. The fraction of sp³-hybridized carbons (Fsp3) is 0.222. The van der Waals surface area contributed by atoms with Crippen LogP contribution in [0.4, 0.5) is 0 Å². The molecule has 1 N–H and O–H groups in total. The van der Waals surface area contributed by atoms with Crippen molar-refractivity contribution in [3.8, 4) is 11.8 Å². The second-order valence-corrected chi connectivity index (χ2v) is 4.53. The molecule has 0 saturated carbocycles. The number of aliphatic hydroxyl groups is 1. The minimum absolute atomic E-state index is 0.304. The van der Waals surface area contributed by atoms with E-state index in [1.807, 2.05) is 60.7 Å². The molecule has 0 spiro atoms. The molecule has 0 amide bonds. The Labute approximate surface area is 120 Å². The van der Waals surface area contributed by atoms with Gasteiger partial charge in [0.2, 0.25) is 0 Å². The van der Waals surface area contributed by atoms with Crippen LogP contribution in [-0.2, 0) is 11.3 Å². The molecule has 1 atom stereocenters. The summed E-state index contributed by atoms with van der Waals surface area (Å²) >= 11 is 0. The van der Waals surface area contributed by atoms with Crippen molar-refractivity contribution in [3.05, 3.63) is 71.8 Å². The molecule has 0 aromatic heterocycles. The van der Waals surface area contributed by atoms with Crippen LogP contribution < -0.4 is 0 Å². The third-order valence-electron chi connectivity index (χ3n) is 2.77. The Hall–Kier alpha value is -2.08. The van der Waals surface area contributed by atoms with Gasteiger partial charge >= 0.3 is 0 Å².